The van der Waals surface area contributed by atoms with Crippen molar-refractivity contribution in [3.05, 3.63) is 40.9 Å². The first-order valence-corrected chi connectivity index (χ1v) is 4.69. The lowest BCUT2D eigenvalue weighted by Crippen LogP contribution is -2.19. The zero-order chi connectivity index (χ0) is 12.1. The van der Waals surface area contributed by atoms with Gasteiger partial charge in [-0.2, -0.15) is 0 Å². The number of methoxy groups -OCH3 is 1. The van der Waals surface area contributed by atoms with Crippen molar-refractivity contribution in [3.63, 3.8) is 0 Å². The molecule has 0 aliphatic rings. The average Bonchev–Trinajstić information content (AvgIpc) is 2.25. The fraction of sp³-hybridized carbons (Fsp3) is 0.0909. The molecule has 0 fully saturated rings. The van der Waals surface area contributed by atoms with Crippen LogP contribution in [-0.4, -0.2) is 18.9 Å². The molecule has 0 aromatic heterocycles. The van der Waals surface area contributed by atoms with Crippen LogP contribution >= 0.6 is 11.6 Å². The molecule has 0 amide bonds. The monoisotopic (exact) mass is 239 g/mol. The highest BCUT2D eigenvalue weighted by molar-refractivity contribution is 6.32. The molecule has 0 saturated carbocycles. The minimum Gasteiger partial charge on any atom is -0.545 e. The van der Waals surface area contributed by atoms with Gasteiger partial charge in [-0.25, -0.2) is 0 Å². The summed E-state index contributed by atoms with van der Waals surface area (Å²) in [5.74, 6) is -1.44. The van der Waals surface area contributed by atoms with Crippen LogP contribution in [0.3, 0.4) is 0 Å². The fourth-order valence-corrected chi connectivity index (χ4v) is 1.32. The van der Waals surface area contributed by atoms with Gasteiger partial charge in [0.2, 0.25) is 0 Å². The van der Waals surface area contributed by atoms with Crippen LogP contribution in [-0.2, 0) is 4.79 Å². The molecular weight excluding hydrogens is 232 g/mol. The Balaban J connectivity index is 2.93. The van der Waals surface area contributed by atoms with Gasteiger partial charge in [-0.1, -0.05) is 11.6 Å². The lowest BCUT2D eigenvalue weighted by Gasteiger charge is -2.03. The Morgan fingerprint density at radius 2 is 2.06 bits per heavy atom. The number of allylic oxidation sites excluding steroid dienone is 1. The van der Waals surface area contributed by atoms with Gasteiger partial charge in [-0.05, 0) is 30.4 Å². The molecule has 0 atom stereocenters. The van der Waals surface area contributed by atoms with E-state index in [1.807, 2.05) is 0 Å². The van der Waals surface area contributed by atoms with Crippen LogP contribution in [0, 0.1) is 0 Å². The first-order chi connectivity index (χ1) is 7.54. The summed E-state index contributed by atoms with van der Waals surface area (Å²) in [5.41, 5.74) is 0.281. The number of carbonyl (C=O) groups is 2. The molecular formula is C11H8ClO4-. The van der Waals surface area contributed by atoms with Crippen molar-refractivity contribution >= 4 is 23.4 Å². The van der Waals surface area contributed by atoms with Crippen molar-refractivity contribution in [1.82, 2.24) is 0 Å². The third-order valence-corrected chi connectivity index (χ3v) is 2.10. The van der Waals surface area contributed by atoms with Crippen molar-refractivity contribution < 1.29 is 19.4 Å². The minimum atomic E-state index is -1.42. The molecule has 0 radical (unpaired) electrons. The Morgan fingerprint density at radius 1 is 1.38 bits per heavy atom. The van der Waals surface area contributed by atoms with E-state index >= 15 is 0 Å². The maximum atomic E-state index is 11.4. The summed E-state index contributed by atoms with van der Waals surface area (Å²) in [6.07, 6.45) is 1.58. The molecule has 1 rings (SSSR count). The molecule has 1 aromatic rings. The third-order valence-electron chi connectivity index (χ3n) is 1.81. The molecule has 1 aromatic carbocycles. The van der Waals surface area contributed by atoms with Gasteiger partial charge < -0.3 is 14.6 Å². The molecule has 0 unspecified atom stereocenters. The molecule has 0 aliphatic heterocycles. The maximum Gasteiger partial charge on any atom is 0.185 e. The summed E-state index contributed by atoms with van der Waals surface area (Å²) in [4.78, 5) is 21.5. The molecule has 16 heavy (non-hydrogen) atoms. The fourth-order valence-electron chi connectivity index (χ4n) is 1.06. The van der Waals surface area contributed by atoms with Gasteiger partial charge in [0.1, 0.15) is 5.75 Å². The standard InChI is InChI=1S/C11H9ClO4/c1-16-10-4-2-7(6-8(10)12)9(13)3-5-11(14)15/h2-6H,1H3,(H,14,15)/p-1/b5-3+. The molecule has 0 bridgehead atoms. The van der Waals surface area contributed by atoms with E-state index in [1.165, 1.54) is 25.3 Å². The number of rotatable bonds is 4. The molecule has 0 aliphatic carbocycles. The molecule has 0 heterocycles. The molecule has 0 N–H and O–H groups in total. The number of hydrogen-bond donors (Lipinski definition) is 0. The van der Waals surface area contributed by atoms with Gasteiger partial charge in [0.05, 0.1) is 18.1 Å². The lowest BCUT2D eigenvalue weighted by molar-refractivity contribution is -0.297. The summed E-state index contributed by atoms with van der Waals surface area (Å²) < 4.78 is 4.91. The highest BCUT2D eigenvalue weighted by Gasteiger charge is 2.06. The molecule has 4 nitrogen and oxygen atoms in total. The number of carboxylic acids is 1. The van der Waals surface area contributed by atoms with Crippen molar-refractivity contribution in [1.29, 1.82) is 0 Å². The normalized spacial score (nSPS) is 10.4. The van der Waals surface area contributed by atoms with Crippen molar-refractivity contribution in [3.8, 4) is 5.75 Å². The third kappa shape index (κ3) is 3.10. The number of carboxylic acid groups (broad SMARTS) is 1. The number of benzene rings is 1. The quantitative estimate of drug-likeness (QED) is 0.577. The number of hydrogen-bond acceptors (Lipinski definition) is 4. The molecule has 84 valence electrons. The Morgan fingerprint density at radius 3 is 2.56 bits per heavy atom. The van der Waals surface area contributed by atoms with Crippen LogP contribution in [0.25, 0.3) is 0 Å². The molecule has 0 spiro atoms. The van der Waals surface area contributed by atoms with Gasteiger partial charge >= 0.3 is 0 Å². The minimum absolute atomic E-state index is 0.281. The van der Waals surface area contributed by atoms with Crippen LogP contribution in [0.15, 0.2) is 30.4 Å². The number of carbonyl (C=O) groups excluding carboxylic acids is 2. The average molecular weight is 240 g/mol. The van der Waals surface area contributed by atoms with Gasteiger partial charge in [0.15, 0.2) is 5.78 Å². The predicted octanol–water partition coefficient (Wildman–Crippen LogP) is 0.837. The van der Waals surface area contributed by atoms with Crippen LogP contribution in [0.1, 0.15) is 10.4 Å². The Labute approximate surface area is 97.1 Å². The topological polar surface area (TPSA) is 66.4 Å². The lowest BCUT2D eigenvalue weighted by atomic mass is 10.1. The first-order valence-electron chi connectivity index (χ1n) is 4.31. The number of ether oxygens (including phenoxy) is 1. The van der Waals surface area contributed by atoms with Crippen LogP contribution in [0.2, 0.25) is 5.02 Å². The van der Waals surface area contributed by atoms with Crippen LogP contribution in [0.5, 0.6) is 5.75 Å². The summed E-state index contributed by atoms with van der Waals surface area (Å²) >= 11 is 5.81. The van der Waals surface area contributed by atoms with E-state index in [0.29, 0.717) is 11.8 Å². The Kier molecular flexibility index (Phi) is 4.08. The van der Waals surface area contributed by atoms with Crippen LogP contribution < -0.4 is 9.84 Å². The summed E-state index contributed by atoms with van der Waals surface area (Å²) in [7, 11) is 1.46. The molecule has 0 saturated heterocycles. The van der Waals surface area contributed by atoms with Crippen LogP contribution in [0.4, 0.5) is 0 Å². The Hall–Kier alpha value is -1.81. The van der Waals surface area contributed by atoms with Crippen molar-refractivity contribution in [2.45, 2.75) is 0 Å². The van der Waals surface area contributed by atoms with E-state index in [1.54, 1.807) is 0 Å². The van der Waals surface area contributed by atoms with Gasteiger partial charge in [-0.3, -0.25) is 4.79 Å². The highest BCUT2D eigenvalue weighted by Crippen LogP contribution is 2.25. The van der Waals surface area contributed by atoms with E-state index in [9.17, 15) is 14.7 Å². The van der Waals surface area contributed by atoms with Crippen molar-refractivity contribution in [2.75, 3.05) is 7.11 Å². The highest BCUT2D eigenvalue weighted by atomic mass is 35.5. The second kappa shape index (κ2) is 5.32. The maximum absolute atomic E-state index is 11.4. The number of ketones is 1. The zero-order valence-corrected chi connectivity index (χ0v) is 9.15. The van der Waals surface area contributed by atoms with E-state index in [-0.39, 0.29) is 10.6 Å². The van der Waals surface area contributed by atoms with Crippen molar-refractivity contribution in [2.24, 2.45) is 0 Å². The SMILES string of the molecule is COc1ccc(C(=O)/C=C/C(=O)[O-])cc1Cl. The van der Waals surface area contributed by atoms with E-state index in [4.69, 9.17) is 16.3 Å². The van der Waals surface area contributed by atoms with E-state index in [2.05, 4.69) is 0 Å². The Bertz CT molecular complexity index is 451. The summed E-state index contributed by atoms with van der Waals surface area (Å²) in [6.45, 7) is 0. The second-order valence-corrected chi connectivity index (χ2v) is 3.27. The number of halogens is 1. The second-order valence-electron chi connectivity index (χ2n) is 2.87. The van der Waals surface area contributed by atoms with Gasteiger partial charge in [0.25, 0.3) is 0 Å². The summed E-state index contributed by atoms with van der Waals surface area (Å²) in [5, 5.41) is 10.4. The van der Waals surface area contributed by atoms with Gasteiger partial charge in [0, 0.05) is 5.56 Å². The summed E-state index contributed by atoms with van der Waals surface area (Å²) in [6, 6.07) is 4.43. The zero-order valence-electron chi connectivity index (χ0n) is 8.40. The van der Waals surface area contributed by atoms with Gasteiger partial charge in [-0.15, -0.1) is 0 Å². The molecule has 5 heteroatoms. The van der Waals surface area contributed by atoms with E-state index < -0.39 is 11.8 Å². The smallest absolute Gasteiger partial charge is 0.185 e. The van der Waals surface area contributed by atoms with E-state index in [0.717, 1.165) is 6.08 Å². The number of aliphatic carboxylic acids is 1. The largest absolute Gasteiger partial charge is 0.545 e. The first kappa shape index (κ1) is 12.3. The predicted molar refractivity (Wildman–Crippen MR) is 56.5 cm³/mol.